The third-order valence-corrected chi connectivity index (χ3v) is 2.29. The van der Waals surface area contributed by atoms with Crippen LogP contribution in [-0.2, 0) is 14.2 Å². The van der Waals surface area contributed by atoms with E-state index in [-0.39, 0.29) is 6.61 Å². The van der Waals surface area contributed by atoms with Gasteiger partial charge in [0, 0.05) is 0 Å². The number of rotatable bonds is 1. The molecule has 2 aliphatic rings. The van der Waals surface area contributed by atoms with E-state index in [1.165, 1.54) is 0 Å². The second-order valence-corrected chi connectivity index (χ2v) is 3.82. The largest absolute Gasteiger partial charge is 0.394 e. The average Bonchev–Trinajstić information content (AvgIpc) is 2.47. The van der Waals surface area contributed by atoms with Gasteiger partial charge < -0.3 is 24.4 Å². The zero-order chi connectivity index (χ0) is 9.64. The summed E-state index contributed by atoms with van der Waals surface area (Å²) in [6, 6.07) is 0. The first-order valence-corrected chi connectivity index (χ1v) is 4.33. The lowest BCUT2D eigenvalue weighted by atomic mass is 10.1. The average molecular weight is 190 g/mol. The third-order valence-electron chi connectivity index (χ3n) is 2.29. The summed E-state index contributed by atoms with van der Waals surface area (Å²) in [6.07, 6.45) is -2.43. The Bertz CT molecular complexity index is 205. The van der Waals surface area contributed by atoms with Crippen LogP contribution >= 0.6 is 0 Å². The molecule has 2 unspecified atom stereocenters. The summed E-state index contributed by atoms with van der Waals surface area (Å²) in [5, 5.41) is 18.4. The van der Waals surface area contributed by atoms with E-state index in [1.54, 1.807) is 13.8 Å². The van der Waals surface area contributed by atoms with Gasteiger partial charge in [-0.3, -0.25) is 0 Å². The van der Waals surface area contributed by atoms with Gasteiger partial charge in [-0.15, -0.1) is 0 Å². The van der Waals surface area contributed by atoms with E-state index in [0.717, 1.165) is 0 Å². The van der Waals surface area contributed by atoms with E-state index in [9.17, 15) is 5.11 Å². The lowest BCUT2D eigenvalue weighted by Crippen LogP contribution is -2.36. The highest BCUT2D eigenvalue weighted by molar-refractivity contribution is 4.92. The quantitative estimate of drug-likeness (QED) is 0.567. The van der Waals surface area contributed by atoms with Gasteiger partial charge in [-0.2, -0.15) is 0 Å². The van der Waals surface area contributed by atoms with Crippen molar-refractivity contribution >= 4 is 0 Å². The van der Waals surface area contributed by atoms with Crippen LogP contribution in [-0.4, -0.2) is 47.2 Å². The first-order valence-electron chi connectivity index (χ1n) is 4.33. The molecule has 0 radical (unpaired) electrons. The molecule has 2 fully saturated rings. The Balaban J connectivity index is 2.07. The van der Waals surface area contributed by atoms with Gasteiger partial charge in [-0.25, -0.2) is 0 Å². The molecule has 0 spiro atoms. The van der Waals surface area contributed by atoms with Crippen LogP contribution in [0.25, 0.3) is 0 Å². The second kappa shape index (κ2) is 2.90. The topological polar surface area (TPSA) is 68.2 Å². The van der Waals surface area contributed by atoms with Gasteiger partial charge in [0.25, 0.3) is 0 Å². The molecule has 0 amide bonds. The van der Waals surface area contributed by atoms with E-state index < -0.39 is 30.4 Å². The molecule has 2 heterocycles. The van der Waals surface area contributed by atoms with Gasteiger partial charge >= 0.3 is 0 Å². The van der Waals surface area contributed by atoms with Gasteiger partial charge in [0.1, 0.15) is 18.3 Å². The van der Waals surface area contributed by atoms with E-state index in [2.05, 4.69) is 0 Å². The Morgan fingerprint density at radius 2 is 2.00 bits per heavy atom. The number of ether oxygens (including phenoxy) is 3. The predicted octanol–water partition coefficient (Wildman–Crippen LogP) is -0.784. The highest BCUT2D eigenvalue weighted by Crippen LogP contribution is 2.36. The molecule has 5 nitrogen and oxygen atoms in total. The van der Waals surface area contributed by atoms with Crippen LogP contribution in [0.15, 0.2) is 0 Å². The maximum absolute atomic E-state index is 9.60. The van der Waals surface area contributed by atoms with Crippen molar-refractivity contribution in [2.24, 2.45) is 0 Å². The zero-order valence-electron chi connectivity index (χ0n) is 7.64. The molecule has 0 aromatic rings. The Labute approximate surface area is 76.2 Å². The van der Waals surface area contributed by atoms with Gasteiger partial charge in [-0.1, -0.05) is 0 Å². The van der Waals surface area contributed by atoms with E-state index in [4.69, 9.17) is 19.3 Å². The summed E-state index contributed by atoms with van der Waals surface area (Å²) < 4.78 is 16.0. The van der Waals surface area contributed by atoms with Crippen molar-refractivity contribution in [1.29, 1.82) is 0 Å². The summed E-state index contributed by atoms with van der Waals surface area (Å²) in [5.74, 6) is -0.712. The van der Waals surface area contributed by atoms with Gasteiger partial charge in [0.05, 0.1) is 6.61 Å². The van der Waals surface area contributed by atoms with Crippen LogP contribution in [0, 0.1) is 0 Å². The predicted molar refractivity (Wildman–Crippen MR) is 41.8 cm³/mol. The maximum atomic E-state index is 9.60. The molecule has 76 valence electrons. The van der Waals surface area contributed by atoms with Gasteiger partial charge in [0.2, 0.25) is 0 Å². The molecule has 0 aromatic heterocycles. The lowest BCUT2D eigenvalue weighted by Gasteiger charge is -2.21. The van der Waals surface area contributed by atoms with Crippen molar-refractivity contribution in [3.05, 3.63) is 0 Å². The molecule has 2 aliphatic heterocycles. The molecule has 0 saturated carbocycles. The second-order valence-electron chi connectivity index (χ2n) is 3.82. The maximum Gasteiger partial charge on any atom is 0.190 e. The summed E-state index contributed by atoms with van der Waals surface area (Å²) in [5.41, 5.74) is 0. The molecule has 4 atom stereocenters. The lowest BCUT2D eigenvalue weighted by molar-refractivity contribution is -0.218. The minimum Gasteiger partial charge on any atom is -0.394 e. The normalized spacial score (nSPS) is 48.0. The van der Waals surface area contributed by atoms with E-state index in [0.29, 0.717) is 0 Å². The monoisotopic (exact) mass is 190 g/mol. The molecule has 5 heteroatoms. The van der Waals surface area contributed by atoms with Crippen LogP contribution in [0.1, 0.15) is 13.8 Å². The fraction of sp³-hybridized carbons (Fsp3) is 1.00. The van der Waals surface area contributed by atoms with Crippen molar-refractivity contribution in [2.45, 2.75) is 44.2 Å². The Morgan fingerprint density at radius 3 is 2.54 bits per heavy atom. The summed E-state index contributed by atoms with van der Waals surface area (Å²) in [6.45, 7) is 3.30. The first-order chi connectivity index (χ1) is 6.03. The minimum atomic E-state index is -0.809. The van der Waals surface area contributed by atoms with E-state index >= 15 is 0 Å². The van der Waals surface area contributed by atoms with Crippen molar-refractivity contribution in [1.82, 2.24) is 0 Å². The van der Waals surface area contributed by atoms with Gasteiger partial charge in [-0.05, 0) is 13.8 Å². The van der Waals surface area contributed by atoms with Crippen LogP contribution in [0.5, 0.6) is 0 Å². The molecule has 2 N–H and O–H groups in total. The molecule has 0 aromatic carbocycles. The Hall–Kier alpha value is -0.200. The summed E-state index contributed by atoms with van der Waals surface area (Å²) in [4.78, 5) is 0. The smallest absolute Gasteiger partial charge is 0.190 e. The standard InChI is InChI=1S/C8H14O5/c1-8(2)12-6-5(10)4(3-9)11-7(6)13-8/h4-7,9-10H,3H2,1-2H3/t4-,5?,6?,7-/m0/s1. The van der Waals surface area contributed by atoms with Crippen LogP contribution in [0.2, 0.25) is 0 Å². The van der Waals surface area contributed by atoms with Crippen molar-refractivity contribution in [3.8, 4) is 0 Å². The van der Waals surface area contributed by atoms with Crippen molar-refractivity contribution in [3.63, 3.8) is 0 Å². The third kappa shape index (κ3) is 1.47. The number of fused-ring (bicyclic) bond motifs is 1. The van der Waals surface area contributed by atoms with Crippen molar-refractivity contribution < 1.29 is 24.4 Å². The molecular weight excluding hydrogens is 176 g/mol. The molecular formula is C8H14O5. The Morgan fingerprint density at radius 1 is 1.31 bits per heavy atom. The number of aliphatic hydroxyl groups is 2. The molecule has 13 heavy (non-hydrogen) atoms. The van der Waals surface area contributed by atoms with Crippen LogP contribution in [0.3, 0.4) is 0 Å². The van der Waals surface area contributed by atoms with E-state index in [1.807, 2.05) is 0 Å². The highest BCUT2D eigenvalue weighted by Gasteiger charge is 2.53. The number of hydrogen-bond acceptors (Lipinski definition) is 5. The Kier molecular flexibility index (Phi) is 2.08. The minimum absolute atomic E-state index is 0.221. The van der Waals surface area contributed by atoms with Crippen LogP contribution in [0.4, 0.5) is 0 Å². The molecule has 2 saturated heterocycles. The van der Waals surface area contributed by atoms with Gasteiger partial charge in [0.15, 0.2) is 12.1 Å². The first kappa shape index (κ1) is 9.36. The summed E-state index contributed by atoms with van der Waals surface area (Å²) in [7, 11) is 0. The molecule has 0 aliphatic carbocycles. The molecule has 0 bridgehead atoms. The zero-order valence-corrected chi connectivity index (χ0v) is 7.64. The molecule has 2 rings (SSSR count). The van der Waals surface area contributed by atoms with Crippen LogP contribution < -0.4 is 0 Å². The fourth-order valence-corrected chi connectivity index (χ4v) is 1.71. The SMILES string of the molecule is CC1(C)OC2C(O)[C@H](CO)O[C@H]2O1. The summed E-state index contributed by atoms with van der Waals surface area (Å²) >= 11 is 0. The number of aliphatic hydroxyl groups excluding tert-OH is 2. The highest BCUT2D eigenvalue weighted by atomic mass is 16.8. The number of hydrogen-bond donors (Lipinski definition) is 2. The fourth-order valence-electron chi connectivity index (χ4n) is 1.71. The van der Waals surface area contributed by atoms with Crippen molar-refractivity contribution in [2.75, 3.05) is 6.61 Å².